The average molecular weight is 270 g/mol. The molecule has 0 spiro atoms. The van der Waals surface area contributed by atoms with Crippen molar-refractivity contribution in [2.45, 2.75) is 39.7 Å². The van der Waals surface area contributed by atoms with Gasteiger partial charge in [-0.2, -0.15) is 0 Å². The number of nitrogens with zero attached hydrogens (tertiary/aromatic N) is 2. The molecule has 0 atom stereocenters. The molecule has 0 N–H and O–H groups in total. The molecule has 0 aliphatic heterocycles. The molecule has 0 aliphatic rings. The molecule has 18 heavy (non-hydrogen) atoms. The average Bonchev–Trinajstić information content (AvgIpc) is 2.84. The van der Waals surface area contributed by atoms with Gasteiger partial charge in [-0.1, -0.05) is 13.8 Å². The number of ether oxygens (including phenoxy) is 1. The zero-order valence-electron chi connectivity index (χ0n) is 11.6. The predicted octanol–water partition coefficient (Wildman–Crippen LogP) is 2.99. The second kappa shape index (κ2) is 7.48. The van der Waals surface area contributed by atoms with Crippen LogP contribution in [0.1, 0.15) is 44.1 Å². The molecule has 102 valence electrons. The fourth-order valence-electron chi connectivity index (χ4n) is 1.91. The number of ketones is 1. The van der Waals surface area contributed by atoms with Crippen LogP contribution in [0.3, 0.4) is 0 Å². The lowest BCUT2D eigenvalue weighted by Gasteiger charge is -2.29. The van der Waals surface area contributed by atoms with Crippen LogP contribution >= 0.6 is 11.3 Å². The van der Waals surface area contributed by atoms with Crippen LogP contribution in [0.2, 0.25) is 0 Å². The highest BCUT2D eigenvalue weighted by Gasteiger charge is 2.19. The van der Waals surface area contributed by atoms with E-state index in [4.69, 9.17) is 4.74 Å². The van der Waals surface area contributed by atoms with Gasteiger partial charge in [-0.3, -0.25) is 4.79 Å². The first-order valence-corrected chi connectivity index (χ1v) is 7.24. The van der Waals surface area contributed by atoms with Crippen LogP contribution in [-0.4, -0.2) is 37.1 Å². The number of Topliss-reactive ketones (excluding diaryl/α,β-unsaturated/α-hetero) is 1. The zero-order valence-corrected chi connectivity index (χ0v) is 12.4. The summed E-state index contributed by atoms with van der Waals surface area (Å²) in [6.45, 7) is 7.38. The fourth-order valence-corrected chi connectivity index (χ4v) is 2.87. The van der Waals surface area contributed by atoms with E-state index in [1.807, 2.05) is 5.38 Å². The van der Waals surface area contributed by atoms with Crippen molar-refractivity contribution >= 4 is 22.3 Å². The smallest absolute Gasteiger partial charge is 0.186 e. The molecule has 0 aliphatic carbocycles. The molecule has 0 amide bonds. The van der Waals surface area contributed by atoms with E-state index in [1.54, 1.807) is 14.0 Å². The molecule has 0 radical (unpaired) electrons. The van der Waals surface area contributed by atoms with E-state index in [-0.39, 0.29) is 5.78 Å². The molecular weight excluding hydrogens is 248 g/mol. The first kappa shape index (κ1) is 15.1. The molecule has 1 aromatic rings. The van der Waals surface area contributed by atoms with Gasteiger partial charge >= 0.3 is 0 Å². The van der Waals surface area contributed by atoms with Crippen molar-refractivity contribution in [2.75, 3.05) is 25.2 Å². The summed E-state index contributed by atoms with van der Waals surface area (Å²) >= 11 is 1.53. The Morgan fingerprint density at radius 1 is 1.50 bits per heavy atom. The molecule has 0 fully saturated rings. The molecule has 1 rings (SSSR count). The van der Waals surface area contributed by atoms with Gasteiger partial charge in [0.25, 0.3) is 0 Å². The number of carbonyl (C=O) groups is 1. The number of aromatic nitrogens is 1. The van der Waals surface area contributed by atoms with Crippen LogP contribution in [0.4, 0.5) is 5.13 Å². The number of hydrogen-bond acceptors (Lipinski definition) is 5. The van der Waals surface area contributed by atoms with Crippen molar-refractivity contribution < 1.29 is 9.53 Å². The van der Waals surface area contributed by atoms with Crippen molar-refractivity contribution in [3.05, 3.63) is 11.1 Å². The first-order chi connectivity index (χ1) is 8.63. The summed E-state index contributed by atoms with van der Waals surface area (Å²) in [5, 5.41) is 2.76. The third kappa shape index (κ3) is 3.78. The number of methoxy groups -OCH3 is 1. The summed E-state index contributed by atoms with van der Waals surface area (Å²) in [7, 11) is 1.70. The van der Waals surface area contributed by atoms with E-state index in [0.717, 1.165) is 24.5 Å². The second-order valence-electron chi connectivity index (χ2n) is 4.23. The van der Waals surface area contributed by atoms with Gasteiger partial charge in [0, 0.05) is 32.0 Å². The van der Waals surface area contributed by atoms with Gasteiger partial charge in [0.15, 0.2) is 10.9 Å². The van der Waals surface area contributed by atoms with Crippen LogP contribution in [0.15, 0.2) is 5.38 Å². The topological polar surface area (TPSA) is 42.4 Å². The van der Waals surface area contributed by atoms with Crippen molar-refractivity contribution in [3.8, 4) is 0 Å². The fraction of sp³-hybridized carbons (Fsp3) is 0.692. The van der Waals surface area contributed by atoms with Gasteiger partial charge in [0.05, 0.1) is 6.61 Å². The number of rotatable bonds is 8. The molecule has 4 nitrogen and oxygen atoms in total. The van der Waals surface area contributed by atoms with Gasteiger partial charge < -0.3 is 9.64 Å². The Hall–Kier alpha value is -0.940. The summed E-state index contributed by atoms with van der Waals surface area (Å²) in [6, 6.07) is 0.450. The van der Waals surface area contributed by atoms with E-state index >= 15 is 0 Å². The van der Waals surface area contributed by atoms with E-state index < -0.39 is 0 Å². The normalized spacial score (nSPS) is 10.9. The lowest BCUT2D eigenvalue weighted by molar-refractivity contribution is 0.101. The minimum atomic E-state index is 0.0220. The third-order valence-electron chi connectivity index (χ3n) is 3.02. The summed E-state index contributed by atoms with van der Waals surface area (Å²) in [4.78, 5) is 18.0. The van der Waals surface area contributed by atoms with Crippen LogP contribution < -0.4 is 4.90 Å². The molecule has 0 unspecified atom stereocenters. The van der Waals surface area contributed by atoms with Gasteiger partial charge in [0.2, 0.25) is 0 Å². The Kier molecular flexibility index (Phi) is 6.29. The quantitative estimate of drug-likeness (QED) is 0.681. The summed E-state index contributed by atoms with van der Waals surface area (Å²) < 4.78 is 5.16. The second-order valence-corrected chi connectivity index (χ2v) is 5.06. The van der Waals surface area contributed by atoms with E-state index in [0.29, 0.717) is 18.3 Å². The van der Waals surface area contributed by atoms with Crippen LogP contribution in [-0.2, 0) is 4.74 Å². The van der Waals surface area contributed by atoms with Crippen LogP contribution in [0.5, 0.6) is 0 Å². The molecule has 0 saturated heterocycles. The SMILES string of the molecule is CCC(CC)N(CCOC)c1nc(C(C)=O)cs1. The van der Waals surface area contributed by atoms with Crippen LogP contribution in [0, 0.1) is 0 Å². The first-order valence-electron chi connectivity index (χ1n) is 6.36. The summed E-state index contributed by atoms with van der Waals surface area (Å²) in [5.41, 5.74) is 0.559. The maximum absolute atomic E-state index is 11.3. The Balaban J connectivity index is 2.89. The molecule has 0 bridgehead atoms. The highest BCUT2D eigenvalue weighted by molar-refractivity contribution is 7.13. The highest BCUT2D eigenvalue weighted by Crippen LogP contribution is 2.24. The molecule has 1 aromatic heterocycles. The lowest BCUT2D eigenvalue weighted by atomic mass is 10.1. The molecule has 0 aromatic carbocycles. The minimum Gasteiger partial charge on any atom is -0.383 e. The molecule has 5 heteroatoms. The van der Waals surface area contributed by atoms with Crippen molar-refractivity contribution in [1.82, 2.24) is 4.98 Å². The third-order valence-corrected chi connectivity index (χ3v) is 3.90. The number of anilines is 1. The van der Waals surface area contributed by atoms with Crippen LogP contribution in [0.25, 0.3) is 0 Å². The standard InChI is InChI=1S/C13H22N2O2S/c1-5-11(6-2)15(7-8-17-4)13-14-12(9-18-13)10(3)16/h9,11H,5-8H2,1-4H3. The van der Waals surface area contributed by atoms with Crippen molar-refractivity contribution in [3.63, 3.8) is 0 Å². The monoisotopic (exact) mass is 270 g/mol. The lowest BCUT2D eigenvalue weighted by Crippen LogP contribution is -2.37. The van der Waals surface area contributed by atoms with Gasteiger partial charge in [-0.05, 0) is 12.8 Å². The maximum atomic E-state index is 11.3. The van der Waals surface area contributed by atoms with Gasteiger partial charge in [0.1, 0.15) is 5.69 Å². The zero-order chi connectivity index (χ0) is 13.5. The Morgan fingerprint density at radius 2 is 2.17 bits per heavy atom. The van der Waals surface area contributed by atoms with E-state index in [9.17, 15) is 4.79 Å². The number of thiazole rings is 1. The predicted molar refractivity (Wildman–Crippen MR) is 75.7 cm³/mol. The Labute approximate surface area is 113 Å². The molecular formula is C13H22N2O2S. The summed E-state index contributed by atoms with van der Waals surface area (Å²) in [6.07, 6.45) is 2.13. The van der Waals surface area contributed by atoms with E-state index in [1.165, 1.54) is 11.3 Å². The maximum Gasteiger partial charge on any atom is 0.186 e. The van der Waals surface area contributed by atoms with Gasteiger partial charge in [-0.15, -0.1) is 11.3 Å². The molecule has 0 saturated carbocycles. The van der Waals surface area contributed by atoms with Crippen molar-refractivity contribution in [2.24, 2.45) is 0 Å². The Morgan fingerprint density at radius 3 is 2.61 bits per heavy atom. The highest BCUT2D eigenvalue weighted by atomic mass is 32.1. The van der Waals surface area contributed by atoms with Crippen molar-refractivity contribution in [1.29, 1.82) is 0 Å². The largest absolute Gasteiger partial charge is 0.383 e. The van der Waals surface area contributed by atoms with E-state index in [2.05, 4.69) is 23.7 Å². The Bertz CT molecular complexity index is 375. The number of carbonyl (C=O) groups excluding carboxylic acids is 1. The number of hydrogen-bond donors (Lipinski definition) is 0. The molecule has 1 heterocycles. The summed E-state index contributed by atoms with van der Waals surface area (Å²) in [5.74, 6) is 0.0220. The minimum absolute atomic E-state index is 0.0220. The van der Waals surface area contributed by atoms with Gasteiger partial charge in [-0.25, -0.2) is 4.98 Å².